The zero-order chi connectivity index (χ0) is 14.0. The summed E-state index contributed by atoms with van der Waals surface area (Å²) in [6, 6.07) is 4.83. The molecule has 0 atom stereocenters. The van der Waals surface area contributed by atoms with Gasteiger partial charge in [0.2, 0.25) is 0 Å². The lowest BCUT2D eigenvalue weighted by atomic mass is 9.98. The summed E-state index contributed by atoms with van der Waals surface area (Å²) in [6.45, 7) is 3.21. The summed E-state index contributed by atoms with van der Waals surface area (Å²) in [5.74, 6) is 0.176. The van der Waals surface area contributed by atoms with Crippen LogP contribution >= 0.6 is 15.9 Å². The molecular weight excluding hydrogens is 320 g/mol. The Balaban J connectivity index is 3.24. The van der Waals surface area contributed by atoms with Crippen LogP contribution in [0.5, 0.6) is 5.75 Å². The molecule has 18 heavy (non-hydrogen) atoms. The van der Waals surface area contributed by atoms with Gasteiger partial charge in [0.25, 0.3) is 0 Å². The second-order valence-electron chi connectivity index (χ2n) is 4.88. The summed E-state index contributed by atoms with van der Waals surface area (Å²) >= 11 is 3.25. The topological polar surface area (TPSA) is 63.6 Å². The molecule has 0 heterocycles. The fraction of sp³-hybridized carbons (Fsp3) is 0.500. The fourth-order valence-electron chi connectivity index (χ4n) is 1.53. The summed E-state index contributed by atoms with van der Waals surface area (Å²) < 4.78 is 30.4. The number of hydrogen-bond acceptors (Lipinski definition) is 4. The Labute approximate surface area is 116 Å². The van der Waals surface area contributed by atoms with Crippen LogP contribution in [0.4, 0.5) is 0 Å². The highest BCUT2D eigenvalue weighted by molar-refractivity contribution is 9.10. The van der Waals surface area contributed by atoms with Gasteiger partial charge in [-0.25, -0.2) is 8.42 Å². The summed E-state index contributed by atoms with van der Waals surface area (Å²) in [5, 5.41) is 9.18. The molecule has 0 saturated carbocycles. The standard InChI is InChI=1S/C12H17BrO4S/c1-12(2,7-14)8-18(15,16)11-6-9(13)4-5-10(11)17-3/h4-6,14H,7-8H2,1-3H3. The number of methoxy groups -OCH3 is 1. The highest BCUT2D eigenvalue weighted by atomic mass is 79.9. The molecule has 0 aromatic heterocycles. The largest absolute Gasteiger partial charge is 0.495 e. The van der Waals surface area contributed by atoms with Gasteiger partial charge in [0, 0.05) is 16.5 Å². The number of sulfone groups is 1. The van der Waals surface area contributed by atoms with Gasteiger partial charge >= 0.3 is 0 Å². The van der Waals surface area contributed by atoms with Crippen LogP contribution in [0.15, 0.2) is 27.6 Å². The van der Waals surface area contributed by atoms with Gasteiger partial charge in [-0.05, 0) is 18.2 Å². The van der Waals surface area contributed by atoms with Crippen molar-refractivity contribution in [3.63, 3.8) is 0 Å². The van der Waals surface area contributed by atoms with Crippen molar-refractivity contribution >= 4 is 25.8 Å². The van der Waals surface area contributed by atoms with Crippen LogP contribution < -0.4 is 4.74 Å². The number of aliphatic hydroxyl groups excluding tert-OH is 1. The third kappa shape index (κ3) is 3.70. The van der Waals surface area contributed by atoms with Crippen molar-refractivity contribution < 1.29 is 18.3 Å². The Hall–Kier alpha value is -0.590. The fourth-order valence-corrected chi connectivity index (χ4v) is 4.08. The van der Waals surface area contributed by atoms with Crippen molar-refractivity contribution in [1.82, 2.24) is 0 Å². The molecule has 0 aliphatic carbocycles. The molecule has 0 aliphatic rings. The van der Waals surface area contributed by atoms with Crippen molar-refractivity contribution in [2.75, 3.05) is 19.5 Å². The summed E-state index contributed by atoms with van der Waals surface area (Å²) in [6.07, 6.45) is 0. The second kappa shape index (κ2) is 5.59. The molecule has 6 heteroatoms. The van der Waals surface area contributed by atoms with Gasteiger partial charge in [0.05, 0.1) is 12.9 Å². The van der Waals surface area contributed by atoms with Crippen LogP contribution in [0.3, 0.4) is 0 Å². The molecule has 0 amide bonds. The van der Waals surface area contributed by atoms with Crippen LogP contribution in [0.1, 0.15) is 13.8 Å². The first-order valence-corrected chi connectivity index (χ1v) is 7.83. The maximum Gasteiger partial charge on any atom is 0.182 e. The van der Waals surface area contributed by atoms with Crippen LogP contribution in [-0.4, -0.2) is 33.0 Å². The first-order chi connectivity index (χ1) is 8.22. The van der Waals surface area contributed by atoms with E-state index >= 15 is 0 Å². The minimum atomic E-state index is -3.51. The minimum Gasteiger partial charge on any atom is -0.495 e. The number of benzene rings is 1. The third-order valence-electron chi connectivity index (χ3n) is 2.47. The molecule has 0 spiro atoms. The highest BCUT2D eigenvalue weighted by Gasteiger charge is 2.29. The van der Waals surface area contributed by atoms with E-state index in [9.17, 15) is 13.5 Å². The van der Waals surface area contributed by atoms with E-state index in [0.717, 1.165) is 0 Å². The molecule has 0 bridgehead atoms. The zero-order valence-electron chi connectivity index (χ0n) is 10.6. The summed E-state index contributed by atoms with van der Waals surface area (Å²) in [5.41, 5.74) is -0.688. The van der Waals surface area contributed by atoms with Gasteiger partial charge in [-0.2, -0.15) is 0 Å². The molecule has 1 aromatic rings. The average molecular weight is 337 g/mol. The van der Waals surface area contributed by atoms with E-state index in [0.29, 0.717) is 10.2 Å². The molecular formula is C12H17BrO4S. The minimum absolute atomic E-state index is 0.136. The van der Waals surface area contributed by atoms with Gasteiger partial charge in [-0.3, -0.25) is 0 Å². The molecule has 1 rings (SSSR count). The van der Waals surface area contributed by atoms with E-state index in [2.05, 4.69) is 15.9 Å². The van der Waals surface area contributed by atoms with E-state index in [-0.39, 0.29) is 17.3 Å². The monoisotopic (exact) mass is 336 g/mol. The number of halogens is 1. The molecule has 0 radical (unpaired) electrons. The number of rotatable bonds is 5. The molecule has 0 saturated heterocycles. The van der Waals surface area contributed by atoms with Crippen molar-refractivity contribution in [1.29, 1.82) is 0 Å². The van der Waals surface area contributed by atoms with Crippen molar-refractivity contribution in [2.24, 2.45) is 5.41 Å². The number of hydrogen-bond donors (Lipinski definition) is 1. The normalized spacial score (nSPS) is 12.5. The van der Waals surface area contributed by atoms with Gasteiger partial charge in [0.1, 0.15) is 10.6 Å². The molecule has 102 valence electrons. The van der Waals surface area contributed by atoms with E-state index in [1.165, 1.54) is 13.2 Å². The Kier molecular flexibility index (Phi) is 4.80. The second-order valence-corrected chi connectivity index (χ2v) is 7.75. The third-order valence-corrected chi connectivity index (χ3v) is 5.11. The Morgan fingerprint density at radius 3 is 2.50 bits per heavy atom. The average Bonchev–Trinajstić information content (AvgIpc) is 2.28. The summed E-state index contributed by atoms with van der Waals surface area (Å²) in [7, 11) is -2.08. The zero-order valence-corrected chi connectivity index (χ0v) is 13.0. The molecule has 1 aromatic carbocycles. The molecule has 0 unspecified atom stereocenters. The maximum atomic E-state index is 12.3. The summed E-state index contributed by atoms with van der Waals surface area (Å²) in [4.78, 5) is 0.140. The molecule has 0 aliphatic heterocycles. The highest BCUT2D eigenvalue weighted by Crippen LogP contribution is 2.31. The van der Waals surface area contributed by atoms with Gasteiger partial charge in [0.15, 0.2) is 9.84 Å². The van der Waals surface area contributed by atoms with E-state index in [1.54, 1.807) is 26.0 Å². The maximum absolute atomic E-state index is 12.3. The van der Waals surface area contributed by atoms with Crippen LogP contribution in [-0.2, 0) is 9.84 Å². The van der Waals surface area contributed by atoms with Crippen molar-refractivity contribution in [3.8, 4) is 5.75 Å². The first-order valence-electron chi connectivity index (χ1n) is 5.39. The van der Waals surface area contributed by atoms with Crippen molar-refractivity contribution in [2.45, 2.75) is 18.7 Å². The van der Waals surface area contributed by atoms with Gasteiger partial charge in [-0.1, -0.05) is 29.8 Å². The van der Waals surface area contributed by atoms with Crippen LogP contribution in [0, 0.1) is 5.41 Å². The van der Waals surface area contributed by atoms with E-state index in [1.807, 2.05) is 0 Å². The van der Waals surface area contributed by atoms with Crippen LogP contribution in [0.25, 0.3) is 0 Å². The van der Waals surface area contributed by atoms with Gasteiger partial charge < -0.3 is 9.84 Å². The first kappa shape index (κ1) is 15.5. The molecule has 1 N–H and O–H groups in total. The lowest BCUT2D eigenvalue weighted by Crippen LogP contribution is -2.27. The smallest absolute Gasteiger partial charge is 0.182 e. The van der Waals surface area contributed by atoms with Crippen LogP contribution in [0.2, 0.25) is 0 Å². The molecule has 4 nitrogen and oxygen atoms in total. The number of aliphatic hydroxyl groups is 1. The number of ether oxygens (including phenoxy) is 1. The molecule has 0 fully saturated rings. The quantitative estimate of drug-likeness (QED) is 0.895. The van der Waals surface area contributed by atoms with E-state index < -0.39 is 15.3 Å². The predicted octanol–water partition coefficient (Wildman–Crippen LogP) is 2.25. The lowest BCUT2D eigenvalue weighted by Gasteiger charge is -2.21. The lowest BCUT2D eigenvalue weighted by molar-refractivity contribution is 0.178. The van der Waals surface area contributed by atoms with Crippen molar-refractivity contribution in [3.05, 3.63) is 22.7 Å². The predicted molar refractivity (Wildman–Crippen MR) is 73.6 cm³/mol. The van der Waals surface area contributed by atoms with E-state index in [4.69, 9.17) is 4.74 Å². The Morgan fingerprint density at radius 1 is 1.39 bits per heavy atom. The Bertz CT molecular complexity index is 523. The van der Waals surface area contributed by atoms with Gasteiger partial charge in [-0.15, -0.1) is 0 Å². The SMILES string of the molecule is COc1ccc(Br)cc1S(=O)(=O)CC(C)(C)CO. The Morgan fingerprint density at radius 2 is 2.00 bits per heavy atom.